The number of carboxylic acid groups (broad SMARTS) is 1. The number of carbonyl (C=O) groups is 2. The second-order valence-corrected chi connectivity index (χ2v) is 8.78. The van der Waals surface area contributed by atoms with Gasteiger partial charge in [-0.25, -0.2) is 27.0 Å². The molecule has 172 valence electrons. The molecule has 1 aromatic heterocycles. The summed E-state index contributed by atoms with van der Waals surface area (Å²) in [4.78, 5) is 29.0. The van der Waals surface area contributed by atoms with Gasteiger partial charge in [0.25, 0.3) is 10.0 Å². The van der Waals surface area contributed by atoms with Crippen molar-refractivity contribution in [3.05, 3.63) is 47.7 Å². The third kappa shape index (κ3) is 5.13. The quantitative estimate of drug-likeness (QED) is 0.593. The first-order valence-corrected chi connectivity index (χ1v) is 11.2. The molecule has 1 aromatic carbocycles. The van der Waals surface area contributed by atoms with Gasteiger partial charge in [0.2, 0.25) is 0 Å². The van der Waals surface area contributed by atoms with Crippen molar-refractivity contribution < 1.29 is 36.6 Å². The molecule has 12 heteroatoms. The molecular weight excluding hydrogens is 448 g/mol. The highest BCUT2D eigenvalue weighted by atomic mass is 32.2. The molecule has 32 heavy (non-hydrogen) atoms. The third-order valence-electron chi connectivity index (χ3n) is 4.97. The molecule has 9 nitrogen and oxygen atoms in total. The average molecular weight is 469 g/mol. The fourth-order valence-corrected chi connectivity index (χ4v) is 4.41. The number of aromatic carboxylic acids is 1. The molecule has 1 fully saturated rings. The van der Waals surface area contributed by atoms with Crippen molar-refractivity contribution in [3.63, 3.8) is 0 Å². The van der Waals surface area contributed by atoms with Gasteiger partial charge < -0.3 is 14.7 Å². The number of piperidine rings is 1. The van der Waals surface area contributed by atoms with Crippen molar-refractivity contribution in [2.24, 2.45) is 5.92 Å². The summed E-state index contributed by atoms with van der Waals surface area (Å²) in [6.45, 7) is 2.75. The number of nitrogens with one attached hydrogen (secondary N) is 1. The van der Waals surface area contributed by atoms with Gasteiger partial charge in [-0.15, -0.1) is 0 Å². The lowest BCUT2D eigenvalue weighted by Gasteiger charge is -2.32. The standard InChI is InChI=1S/C20H21F2N3O6S/c1-2-31-20(28)12-5-7-25(8-6-12)18-15(19(26)27)9-13(11-23-18)24-32(29,30)14-3-4-16(21)17(22)10-14/h3-4,9-12,24H,2,5-8H2,1H3,(H,26,27). The minimum absolute atomic E-state index is 0.135. The van der Waals surface area contributed by atoms with Gasteiger partial charge in [0.05, 0.1) is 29.3 Å². The van der Waals surface area contributed by atoms with E-state index >= 15 is 0 Å². The Bertz CT molecular complexity index is 1130. The number of pyridine rings is 1. The Morgan fingerprint density at radius 2 is 1.91 bits per heavy atom. The van der Waals surface area contributed by atoms with Gasteiger partial charge in [-0.3, -0.25) is 9.52 Å². The van der Waals surface area contributed by atoms with Crippen molar-refractivity contribution in [1.29, 1.82) is 0 Å². The van der Waals surface area contributed by atoms with Crippen molar-refractivity contribution in [3.8, 4) is 0 Å². The van der Waals surface area contributed by atoms with Crippen LogP contribution in [-0.4, -0.2) is 50.1 Å². The number of carboxylic acids is 1. The lowest BCUT2D eigenvalue weighted by atomic mass is 9.96. The lowest BCUT2D eigenvalue weighted by molar-refractivity contribution is -0.148. The van der Waals surface area contributed by atoms with Crippen LogP contribution in [0, 0.1) is 17.6 Å². The second kappa shape index (κ2) is 9.47. The maximum absolute atomic E-state index is 13.4. The number of esters is 1. The SMILES string of the molecule is CCOC(=O)C1CCN(c2ncc(NS(=O)(=O)c3ccc(F)c(F)c3)cc2C(=O)O)CC1. The van der Waals surface area contributed by atoms with Crippen LogP contribution in [0.4, 0.5) is 20.3 Å². The summed E-state index contributed by atoms with van der Waals surface area (Å²) >= 11 is 0. The summed E-state index contributed by atoms with van der Waals surface area (Å²) in [5.41, 5.74) is -0.401. The summed E-state index contributed by atoms with van der Waals surface area (Å²) in [6.07, 6.45) is 2.06. The topological polar surface area (TPSA) is 126 Å². The van der Waals surface area contributed by atoms with E-state index < -0.39 is 32.5 Å². The molecule has 1 saturated heterocycles. The summed E-state index contributed by atoms with van der Waals surface area (Å²) in [6, 6.07) is 3.17. The van der Waals surface area contributed by atoms with E-state index in [1.165, 1.54) is 0 Å². The van der Waals surface area contributed by atoms with E-state index in [-0.39, 0.29) is 35.6 Å². The first-order valence-electron chi connectivity index (χ1n) is 9.75. The Morgan fingerprint density at radius 3 is 2.50 bits per heavy atom. The van der Waals surface area contributed by atoms with Gasteiger partial charge in [0.1, 0.15) is 11.4 Å². The number of nitrogens with zero attached hydrogens (tertiary/aromatic N) is 2. The van der Waals surface area contributed by atoms with Crippen molar-refractivity contribution in [2.45, 2.75) is 24.7 Å². The monoisotopic (exact) mass is 469 g/mol. The molecule has 0 unspecified atom stereocenters. The van der Waals surface area contributed by atoms with Crippen LogP contribution in [0.2, 0.25) is 0 Å². The largest absolute Gasteiger partial charge is 0.478 e. The number of halogens is 2. The van der Waals surface area contributed by atoms with Gasteiger partial charge in [-0.05, 0) is 44.0 Å². The predicted molar refractivity (Wildman–Crippen MR) is 110 cm³/mol. The van der Waals surface area contributed by atoms with Gasteiger partial charge in [0.15, 0.2) is 11.6 Å². The molecule has 3 rings (SSSR count). The smallest absolute Gasteiger partial charge is 0.339 e. The minimum Gasteiger partial charge on any atom is -0.478 e. The average Bonchev–Trinajstić information content (AvgIpc) is 2.75. The van der Waals surface area contributed by atoms with Gasteiger partial charge in [-0.1, -0.05) is 0 Å². The van der Waals surface area contributed by atoms with E-state index in [1.807, 2.05) is 0 Å². The summed E-state index contributed by atoms with van der Waals surface area (Å²) in [5, 5.41) is 9.60. The van der Waals surface area contributed by atoms with Crippen LogP contribution in [0.5, 0.6) is 0 Å². The fourth-order valence-electron chi connectivity index (χ4n) is 3.37. The van der Waals surface area contributed by atoms with E-state index in [4.69, 9.17) is 4.74 Å². The number of benzene rings is 1. The van der Waals surface area contributed by atoms with Crippen LogP contribution in [0.15, 0.2) is 35.4 Å². The van der Waals surface area contributed by atoms with Gasteiger partial charge in [0, 0.05) is 13.1 Å². The first-order chi connectivity index (χ1) is 15.1. The summed E-state index contributed by atoms with van der Waals surface area (Å²) in [7, 11) is -4.31. The molecule has 2 N–H and O–H groups in total. The summed E-state index contributed by atoms with van der Waals surface area (Å²) < 4.78 is 58.5. The van der Waals surface area contributed by atoms with Crippen LogP contribution < -0.4 is 9.62 Å². The molecule has 0 bridgehead atoms. The highest BCUT2D eigenvalue weighted by Gasteiger charge is 2.29. The van der Waals surface area contributed by atoms with E-state index in [0.717, 1.165) is 18.3 Å². The highest BCUT2D eigenvalue weighted by molar-refractivity contribution is 7.92. The Hall–Kier alpha value is -3.28. The number of anilines is 2. The predicted octanol–water partition coefficient (Wildman–Crippen LogP) is 2.64. The van der Waals surface area contributed by atoms with Crippen LogP contribution in [0.1, 0.15) is 30.1 Å². The van der Waals surface area contributed by atoms with Gasteiger partial charge >= 0.3 is 11.9 Å². The van der Waals surface area contributed by atoms with E-state index in [0.29, 0.717) is 38.1 Å². The molecule has 1 aliphatic heterocycles. The maximum atomic E-state index is 13.4. The van der Waals surface area contributed by atoms with E-state index in [9.17, 15) is 31.9 Å². The molecule has 1 aliphatic rings. The zero-order valence-electron chi connectivity index (χ0n) is 17.0. The summed E-state index contributed by atoms with van der Waals surface area (Å²) in [5.74, 6) is -4.29. The molecular formula is C20H21F2N3O6S. The van der Waals surface area contributed by atoms with Crippen LogP contribution >= 0.6 is 0 Å². The molecule has 0 amide bonds. The maximum Gasteiger partial charge on any atom is 0.339 e. The van der Waals surface area contributed by atoms with Crippen LogP contribution in [0.3, 0.4) is 0 Å². The molecule has 0 aliphatic carbocycles. The Balaban J connectivity index is 1.80. The molecule has 0 spiro atoms. The molecule has 0 radical (unpaired) electrons. The molecule has 2 aromatic rings. The number of hydrogen-bond donors (Lipinski definition) is 2. The van der Waals surface area contributed by atoms with Gasteiger partial charge in [-0.2, -0.15) is 0 Å². The zero-order valence-corrected chi connectivity index (χ0v) is 17.9. The van der Waals surface area contributed by atoms with Crippen molar-refractivity contribution in [1.82, 2.24) is 4.98 Å². The number of rotatable bonds is 7. The normalized spacial score (nSPS) is 14.8. The number of aromatic nitrogens is 1. The Labute approximate surface area is 183 Å². The highest BCUT2D eigenvalue weighted by Crippen LogP contribution is 2.28. The molecule has 0 saturated carbocycles. The number of hydrogen-bond acceptors (Lipinski definition) is 7. The number of ether oxygens (including phenoxy) is 1. The zero-order chi connectivity index (χ0) is 23.5. The number of carbonyl (C=O) groups excluding carboxylic acids is 1. The van der Waals surface area contributed by atoms with Crippen molar-refractivity contribution >= 4 is 33.5 Å². The lowest BCUT2D eigenvalue weighted by Crippen LogP contribution is -2.38. The molecule has 2 heterocycles. The minimum atomic E-state index is -4.31. The Kier molecular flexibility index (Phi) is 6.92. The third-order valence-corrected chi connectivity index (χ3v) is 6.34. The Morgan fingerprint density at radius 1 is 1.22 bits per heavy atom. The van der Waals surface area contributed by atoms with E-state index in [1.54, 1.807) is 11.8 Å². The number of sulfonamides is 1. The fraction of sp³-hybridized carbons (Fsp3) is 0.350. The van der Waals surface area contributed by atoms with Crippen LogP contribution in [0.25, 0.3) is 0 Å². The van der Waals surface area contributed by atoms with Crippen molar-refractivity contribution in [2.75, 3.05) is 29.3 Å². The molecule has 0 atom stereocenters. The van der Waals surface area contributed by atoms with E-state index in [2.05, 4.69) is 9.71 Å². The van der Waals surface area contributed by atoms with Crippen LogP contribution in [-0.2, 0) is 19.6 Å². The second-order valence-electron chi connectivity index (χ2n) is 7.10. The first kappa shape index (κ1) is 23.4.